The van der Waals surface area contributed by atoms with E-state index in [1.54, 1.807) is 11.6 Å². The second-order valence-electron chi connectivity index (χ2n) is 6.50. The van der Waals surface area contributed by atoms with E-state index in [-0.39, 0.29) is 6.04 Å². The average molecular weight is 361 g/mol. The number of benzene rings is 2. The number of hydroxylamine groups is 1. The van der Waals surface area contributed by atoms with Crippen molar-refractivity contribution >= 4 is 12.0 Å². The van der Waals surface area contributed by atoms with Gasteiger partial charge < -0.3 is 4.57 Å². The van der Waals surface area contributed by atoms with Crippen LogP contribution >= 0.6 is 0 Å². The van der Waals surface area contributed by atoms with Gasteiger partial charge in [0.2, 0.25) is 0 Å². The van der Waals surface area contributed by atoms with E-state index in [9.17, 15) is 4.79 Å². The molecule has 2 N–H and O–H groups in total. The standard InChI is InChI=1S/C22H23N3O2/c1-15-16(2)25(17(3)19-9-5-4-6-10-19)22(23-15)20-11-7-8-18(14-20)12-13-21(26)24-27/h4-14,17,27H,1-3H3,(H,24,26)/t17-/m1/s1. The van der Waals surface area contributed by atoms with Gasteiger partial charge in [0.15, 0.2) is 0 Å². The minimum Gasteiger partial charge on any atom is -0.321 e. The van der Waals surface area contributed by atoms with Crippen molar-refractivity contribution in [2.24, 2.45) is 0 Å². The smallest absolute Gasteiger partial charge is 0.267 e. The Morgan fingerprint density at radius 3 is 2.59 bits per heavy atom. The number of aryl methyl sites for hydroxylation is 1. The normalized spacial score (nSPS) is 12.3. The Balaban J connectivity index is 2.04. The van der Waals surface area contributed by atoms with Crippen LogP contribution in [-0.4, -0.2) is 20.7 Å². The Morgan fingerprint density at radius 1 is 1.15 bits per heavy atom. The van der Waals surface area contributed by atoms with Crippen molar-refractivity contribution in [3.05, 3.63) is 83.2 Å². The molecule has 0 bridgehead atoms. The second kappa shape index (κ2) is 8.01. The third-order valence-corrected chi connectivity index (χ3v) is 4.74. The molecule has 3 aromatic rings. The summed E-state index contributed by atoms with van der Waals surface area (Å²) in [7, 11) is 0. The maximum Gasteiger partial charge on any atom is 0.267 e. The summed E-state index contributed by atoms with van der Waals surface area (Å²) in [5.41, 5.74) is 6.76. The number of carbonyl (C=O) groups is 1. The Labute approximate surface area is 159 Å². The van der Waals surface area contributed by atoms with E-state index in [0.29, 0.717) is 0 Å². The van der Waals surface area contributed by atoms with Gasteiger partial charge in [-0.05, 0) is 44.0 Å². The summed E-state index contributed by atoms with van der Waals surface area (Å²) in [6.07, 6.45) is 2.94. The number of imidazole rings is 1. The van der Waals surface area contributed by atoms with Gasteiger partial charge in [-0.2, -0.15) is 0 Å². The molecule has 0 aliphatic heterocycles. The van der Waals surface area contributed by atoms with Crippen molar-refractivity contribution < 1.29 is 10.0 Å². The van der Waals surface area contributed by atoms with Gasteiger partial charge in [-0.25, -0.2) is 10.5 Å². The number of nitrogens with one attached hydrogen (secondary N) is 1. The molecular weight excluding hydrogens is 338 g/mol. The van der Waals surface area contributed by atoms with Crippen LogP contribution in [0.5, 0.6) is 0 Å². The Hall–Kier alpha value is -3.18. The molecule has 0 aliphatic rings. The fourth-order valence-corrected chi connectivity index (χ4v) is 3.18. The van der Waals surface area contributed by atoms with Crippen LogP contribution in [-0.2, 0) is 4.79 Å². The fraction of sp³-hybridized carbons (Fsp3) is 0.182. The molecule has 0 saturated heterocycles. The predicted octanol–water partition coefficient (Wildman–Crippen LogP) is 4.29. The van der Waals surface area contributed by atoms with E-state index >= 15 is 0 Å². The molecule has 0 unspecified atom stereocenters. The molecule has 5 heteroatoms. The minimum absolute atomic E-state index is 0.141. The largest absolute Gasteiger partial charge is 0.321 e. The molecule has 138 valence electrons. The molecule has 1 atom stereocenters. The lowest BCUT2D eigenvalue weighted by Gasteiger charge is -2.19. The van der Waals surface area contributed by atoms with Crippen molar-refractivity contribution in [2.45, 2.75) is 26.8 Å². The van der Waals surface area contributed by atoms with Crippen LogP contribution in [0, 0.1) is 13.8 Å². The maximum absolute atomic E-state index is 11.2. The van der Waals surface area contributed by atoms with Gasteiger partial charge in [-0.1, -0.05) is 48.5 Å². The number of aromatic nitrogens is 2. The zero-order valence-electron chi connectivity index (χ0n) is 15.7. The van der Waals surface area contributed by atoms with Crippen LogP contribution in [0.15, 0.2) is 60.7 Å². The monoisotopic (exact) mass is 361 g/mol. The highest BCUT2D eigenvalue weighted by Gasteiger charge is 2.18. The molecule has 5 nitrogen and oxygen atoms in total. The first-order valence-electron chi connectivity index (χ1n) is 8.84. The molecule has 0 fully saturated rings. The highest BCUT2D eigenvalue weighted by molar-refractivity contribution is 5.91. The first-order chi connectivity index (χ1) is 13.0. The number of amides is 1. The number of hydrogen-bond donors (Lipinski definition) is 2. The summed E-state index contributed by atoms with van der Waals surface area (Å²) >= 11 is 0. The molecule has 1 aromatic heterocycles. The molecule has 0 spiro atoms. The summed E-state index contributed by atoms with van der Waals surface area (Å²) in [5.74, 6) is 0.328. The summed E-state index contributed by atoms with van der Waals surface area (Å²) in [5, 5.41) is 8.62. The molecule has 3 rings (SSSR count). The van der Waals surface area contributed by atoms with E-state index < -0.39 is 5.91 Å². The van der Waals surface area contributed by atoms with Gasteiger partial charge in [0, 0.05) is 17.3 Å². The zero-order valence-corrected chi connectivity index (χ0v) is 15.7. The first-order valence-corrected chi connectivity index (χ1v) is 8.84. The van der Waals surface area contributed by atoms with Crippen LogP contribution in [0.25, 0.3) is 17.5 Å². The van der Waals surface area contributed by atoms with E-state index in [1.807, 2.05) is 49.4 Å². The zero-order chi connectivity index (χ0) is 19.4. The van der Waals surface area contributed by atoms with Gasteiger partial charge in [-0.3, -0.25) is 10.0 Å². The molecule has 1 heterocycles. The molecule has 0 radical (unpaired) electrons. The van der Waals surface area contributed by atoms with Crippen LogP contribution < -0.4 is 5.48 Å². The number of rotatable bonds is 5. The van der Waals surface area contributed by atoms with Crippen LogP contribution in [0.2, 0.25) is 0 Å². The molecule has 0 saturated carbocycles. The Morgan fingerprint density at radius 2 is 1.89 bits per heavy atom. The van der Waals surface area contributed by atoms with Crippen LogP contribution in [0.1, 0.15) is 35.5 Å². The van der Waals surface area contributed by atoms with Crippen molar-refractivity contribution in [3.63, 3.8) is 0 Å². The number of hydrogen-bond acceptors (Lipinski definition) is 3. The molecule has 1 amide bonds. The topological polar surface area (TPSA) is 67.2 Å². The third-order valence-electron chi connectivity index (χ3n) is 4.74. The van der Waals surface area contributed by atoms with E-state index in [4.69, 9.17) is 10.2 Å². The lowest BCUT2D eigenvalue weighted by Crippen LogP contribution is -2.14. The quantitative estimate of drug-likeness (QED) is 0.405. The third kappa shape index (κ3) is 3.99. The maximum atomic E-state index is 11.2. The van der Waals surface area contributed by atoms with Gasteiger partial charge in [0.1, 0.15) is 5.82 Å². The Bertz CT molecular complexity index is 974. The van der Waals surface area contributed by atoms with Gasteiger partial charge in [0.25, 0.3) is 5.91 Å². The molecule has 27 heavy (non-hydrogen) atoms. The van der Waals surface area contributed by atoms with Crippen LogP contribution in [0.3, 0.4) is 0 Å². The summed E-state index contributed by atoms with van der Waals surface area (Å²) in [6.45, 7) is 6.27. The molecule has 0 aliphatic carbocycles. The predicted molar refractivity (Wildman–Crippen MR) is 106 cm³/mol. The second-order valence-corrected chi connectivity index (χ2v) is 6.50. The summed E-state index contributed by atoms with van der Waals surface area (Å²) in [6, 6.07) is 18.3. The van der Waals surface area contributed by atoms with Crippen molar-refractivity contribution in [1.82, 2.24) is 15.0 Å². The number of nitrogens with zero attached hydrogens (tertiary/aromatic N) is 2. The molecule has 2 aromatic carbocycles. The van der Waals surface area contributed by atoms with Crippen molar-refractivity contribution in [2.75, 3.05) is 0 Å². The van der Waals surface area contributed by atoms with E-state index in [1.165, 1.54) is 11.6 Å². The average Bonchev–Trinajstić information content (AvgIpc) is 3.01. The number of carbonyl (C=O) groups excluding carboxylic acids is 1. The SMILES string of the molecule is Cc1nc(-c2cccc(C=CC(=O)NO)c2)n([C@H](C)c2ccccc2)c1C. The lowest BCUT2D eigenvalue weighted by atomic mass is 10.1. The lowest BCUT2D eigenvalue weighted by molar-refractivity contribution is -0.124. The van der Waals surface area contributed by atoms with Gasteiger partial charge >= 0.3 is 0 Å². The van der Waals surface area contributed by atoms with Crippen LogP contribution in [0.4, 0.5) is 0 Å². The summed E-state index contributed by atoms with van der Waals surface area (Å²) in [4.78, 5) is 16.0. The van der Waals surface area contributed by atoms with Crippen molar-refractivity contribution in [1.29, 1.82) is 0 Å². The van der Waals surface area contributed by atoms with Gasteiger partial charge in [-0.15, -0.1) is 0 Å². The highest BCUT2D eigenvalue weighted by Crippen LogP contribution is 2.30. The Kier molecular flexibility index (Phi) is 5.52. The van der Waals surface area contributed by atoms with E-state index in [2.05, 4.69) is 30.5 Å². The highest BCUT2D eigenvalue weighted by atomic mass is 16.5. The van der Waals surface area contributed by atoms with E-state index in [0.717, 1.165) is 28.3 Å². The first kappa shape index (κ1) is 18.6. The molecular formula is C22H23N3O2. The van der Waals surface area contributed by atoms with Gasteiger partial charge in [0.05, 0.1) is 11.7 Å². The minimum atomic E-state index is -0.564. The fourth-order valence-electron chi connectivity index (χ4n) is 3.18. The van der Waals surface area contributed by atoms with Crippen molar-refractivity contribution in [3.8, 4) is 11.4 Å². The summed E-state index contributed by atoms with van der Waals surface area (Å²) < 4.78 is 2.24.